The lowest BCUT2D eigenvalue weighted by Crippen LogP contribution is -2.42. The molecule has 28 heavy (non-hydrogen) atoms. The molecule has 146 valence electrons. The Balaban J connectivity index is 1.91. The number of carboxylic acid groups (broad SMARTS) is 1. The Morgan fingerprint density at radius 2 is 2.00 bits per heavy atom. The molecule has 0 amide bonds. The molecule has 0 radical (unpaired) electrons. The van der Waals surface area contributed by atoms with E-state index in [4.69, 9.17) is 11.6 Å². The van der Waals surface area contributed by atoms with Gasteiger partial charge in [0.15, 0.2) is 0 Å². The number of carboxylic acids is 1. The van der Waals surface area contributed by atoms with E-state index in [2.05, 4.69) is 9.71 Å². The smallest absolute Gasteiger partial charge is 0.322 e. The van der Waals surface area contributed by atoms with Crippen LogP contribution in [0.4, 0.5) is 5.69 Å². The molecular weight excluding hydrogens is 410 g/mol. The van der Waals surface area contributed by atoms with Crippen molar-refractivity contribution < 1.29 is 23.2 Å². The van der Waals surface area contributed by atoms with Gasteiger partial charge in [-0.2, -0.15) is 4.72 Å². The van der Waals surface area contributed by atoms with Gasteiger partial charge in [-0.25, -0.2) is 8.42 Å². The monoisotopic (exact) mass is 423 g/mol. The summed E-state index contributed by atoms with van der Waals surface area (Å²) in [6.07, 6.45) is 1.50. The van der Waals surface area contributed by atoms with Gasteiger partial charge < -0.3 is 10.1 Å². The van der Waals surface area contributed by atoms with Crippen molar-refractivity contribution in [1.82, 2.24) is 9.71 Å². The first-order valence-corrected chi connectivity index (χ1v) is 9.79. The van der Waals surface area contributed by atoms with Gasteiger partial charge in [-0.1, -0.05) is 29.8 Å². The first-order chi connectivity index (χ1) is 13.2. The summed E-state index contributed by atoms with van der Waals surface area (Å²) in [5.74, 6) is -1.38. The van der Waals surface area contributed by atoms with E-state index in [-0.39, 0.29) is 11.4 Å². The Hall–Kier alpha value is -2.95. The predicted molar refractivity (Wildman–Crippen MR) is 102 cm³/mol. The number of fused-ring (bicyclic) bond motifs is 1. The second-order valence-corrected chi connectivity index (χ2v) is 8.07. The molecule has 2 aromatic carbocycles. The Bertz CT molecular complexity index is 1170. The molecule has 11 heteroatoms. The number of rotatable bonds is 7. The largest absolute Gasteiger partial charge is 0.480 e. The summed E-state index contributed by atoms with van der Waals surface area (Å²) in [7, 11) is -4.34. The van der Waals surface area contributed by atoms with Crippen molar-refractivity contribution in [3.05, 3.63) is 69.4 Å². The fraction of sp³-hybridized carbons (Fsp3) is 0.118. The van der Waals surface area contributed by atoms with Gasteiger partial charge in [-0.3, -0.25) is 14.9 Å². The summed E-state index contributed by atoms with van der Waals surface area (Å²) in [5, 5.41) is 21.0. The predicted octanol–water partition coefficient (Wildman–Crippen LogP) is 2.70. The Morgan fingerprint density at radius 3 is 2.68 bits per heavy atom. The number of nitro groups is 1. The second-order valence-electron chi connectivity index (χ2n) is 5.95. The van der Waals surface area contributed by atoms with Gasteiger partial charge in [-0.05, 0) is 23.8 Å². The van der Waals surface area contributed by atoms with Crippen LogP contribution in [0.2, 0.25) is 5.02 Å². The third-order valence-electron chi connectivity index (χ3n) is 4.12. The molecule has 1 heterocycles. The van der Waals surface area contributed by atoms with Crippen molar-refractivity contribution >= 4 is 44.2 Å². The van der Waals surface area contributed by atoms with E-state index >= 15 is 0 Å². The molecule has 0 saturated carbocycles. The number of nitro benzene ring substituents is 1. The number of H-pyrrole nitrogens is 1. The summed E-state index contributed by atoms with van der Waals surface area (Å²) < 4.78 is 27.2. The number of nitrogens with zero attached hydrogens (tertiary/aromatic N) is 1. The quantitative estimate of drug-likeness (QED) is 0.394. The topological polar surface area (TPSA) is 142 Å². The Morgan fingerprint density at radius 1 is 1.29 bits per heavy atom. The SMILES string of the molecule is O=C(O)C(Cc1c[nH]c2ccccc12)NS(=O)(=O)c1ccc(Cl)c([N+](=O)[O-])c1. The molecule has 0 aliphatic carbocycles. The molecule has 3 aromatic rings. The van der Waals surface area contributed by atoms with Crippen LogP contribution in [0.3, 0.4) is 0 Å². The zero-order valence-corrected chi connectivity index (χ0v) is 15.7. The molecule has 0 bridgehead atoms. The van der Waals surface area contributed by atoms with Gasteiger partial charge in [-0.15, -0.1) is 0 Å². The summed E-state index contributed by atoms with van der Waals surface area (Å²) in [6, 6.07) is 8.66. The number of hydrogen-bond donors (Lipinski definition) is 3. The molecule has 3 rings (SSSR count). The van der Waals surface area contributed by atoms with E-state index < -0.39 is 37.5 Å². The minimum Gasteiger partial charge on any atom is -0.480 e. The maximum absolute atomic E-state index is 12.6. The summed E-state index contributed by atoms with van der Waals surface area (Å²) >= 11 is 5.69. The number of aromatic amines is 1. The number of aliphatic carboxylic acids is 1. The minimum absolute atomic E-state index is 0.117. The van der Waals surface area contributed by atoms with Crippen molar-refractivity contribution in [3.63, 3.8) is 0 Å². The zero-order chi connectivity index (χ0) is 20.5. The third-order valence-corrected chi connectivity index (χ3v) is 5.91. The molecular formula is C17H14ClN3O6S. The highest BCUT2D eigenvalue weighted by atomic mass is 35.5. The molecule has 0 spiro atoms. The highest BCUT2D eigenvalue weighted by Gasteiger charge is 2.28. The molecule has 1 aromatic heterocycles. The Labute approximate surface area is 164 Å². The average molecular weight is 424 g/mol. The van der Waals surface area contributed by atoms with Crippen LogP contribution in [0.1, 0.15) is 5.56 Å². The van der Waals surface area contributed by atoms with Gasteiger partial charge in [0.05, 0.1) is 9.82 Å². The highest BCUT2D eigenvalue weighted by molar-refractivity contribution is 7.89. The average Bonchev–Trinajstić information content (AvgIpc) is 3.04. The highest BCUT2D eigenvalue weighted by Crippen LogP contribution is 2.27. The van der Waals surface area contributed by atoms with E-state index in [1.54, 1.807) is 18.3 Å². The lowest BCUT2D eigenvalue weighted by atomic mass is 10.1. The van der Waals surface area contributed by atoms with Crippen LogP contribution in [0, 0.1) is 10.1 Å². The van der Waals surface area contributed by atoms with Crippen LogP contribution in [0.15, 0.2) is 53.6 Å². The lowest BCUT2D eigenvalue weighted by Gasteiger charge is -2.14. The standard InChI is InChI=1S/C17H14ClN3O6S/c18-13-6-5-11(8-16(13)21(24)25)28(26,27)20-15(17(22)23)7-10-9-19-14-4-2-1-3-12(10)14/h1-6,8-9,15,19-20H,7H2,(H,22,23). The van der Waals surface area contributed by atoms with Crippen LogP contribution in [0.5, 0.6) is 0 Å². The van der Waals surface area contributed by atoms with Crippen molar-refractivity contribution in [2.75, 3.05) is 0 Å². The Kier molecular flexibility index (Phi) is 5.36. The number of aromatic nitrogens is 1. The molecule has 1 atom stereocenters. The number of halogens is 1. The molecule has 0 fully saturated rings. The lowest BCUT2D eigenvalue weighted by molar-refractivity contribution is -0.384. The molecule has 3 N–H and O–H groups in total. The summed E-state index contributed by atoms with van der Waals surface area (Å²) in [4.78, 5) is 24.3. The van der Waals surface area contributed by atoms with Gasteiger partial charge in [0.1, 0.15) is 11.1 Å². The normalized spacial score (nSPS) is 12.8. The molecule has 0 aliphatic rings. The van der Waals surface area contributed by atoms with Crippen LogP contribution in [-0.4, -0.2) is 35.4 Å². The fourth-order valence-electron chi connectivity index (χ4n) is 2.75. The van der Waals surface area contributed by atoms with Crippen molar-refractivity contribution in [3.8, 4) is 0 Å². The first kappa shape index (κ1) is 19.8. The molecule has 0 saturated heterocycles. The number of nitrogens with one attached hydrogen (secondary N) is 2. The van der Waals surface area contributed by atoms with E-state index in [1.807, 2.05) is 12.1 Å². The van der Waals surface area contributed by atoms with Gasteiger partial charge in [0.2, 0.25) is 10.0 Å². The van der Waals surface area contributed by atoms with Crippen LogP contribution < -0.4 is 4.72 Å². The number of para-hydroxylation sites is 1. The number of hydrogen-bond acceptors (Lipinski definition) is 5. The fourth-order valence-corrected chi connectivity index (χ4v) is 4.15. The van der Waals surface area contributed by atoms with E-state index in [9.17, 15) is 28.4 Å². The van der Waals surface area contributed by atoms with E-state index in [0.29, 0.717) is 5.56 Å². The summed E-state index contributed by atoms with van der Waals surface area (Å²) in [6.45, 7) is 0. The number of sulfonamides is 1. The summed E-state index contributed by atoms with van der Waals surface area (Å²) in [5.41, 5.74) is 0.818. The molecule has 9 nitrogen and oxygen atoms in total. The molecule has 0 aliphatic heterocycles. The third kappa shape index (κ3) is 3.98. The van der Waals surface area contributed by atoms with Gasteiger partial charge in [0, 0.05) is 29.6 Å². The van der Waals surface area contributed by atoms with Crippen molar-refractivity contribution in [1.29, 1.82) is 0 Å². The van der Waals surface area contributed by atoms with Crippen LogP contribution in [0.25, 0.3) is 10.9 Å². The second kappa shape index (κ2) is 7.58. The maximum Gasteiger partial charge on any atom is 0.322 e. The zero-order valence-electron chi connectivity index (χ0n) is 14.1. The number of benzene rings is 2. The van der Waals surface area contributed by atoms with Crippen molar-refractivity contribution in [2.24, 2.45) is 0 Å². The van der Waals surface area contributed by atoms with Gasteiger partial charge >= 0.3 is 5.97 Å². The van der Waals surface area contributed by atoms with Crippen LogP contribution in [-0.2, 0) is 21.2 Å². The van der Waals surface area contributed by atoms with Gasteiger partial charge in [0.25, 0.3) is 5.69 Å². The number of carbonyl (C=O) groups is 1. The first-order valence-electron chi connectivity index (χ1n) is 7.93. The van der Waals surface area contributed by atoms with Crippen LogP contribution >= 0.6 is 11.6 Å². The van der Waals surface area contributed by atoms with E-state index in [0.717, 1.165) is 29.1 Å². The van der Waals surface area contributed by atoms with Crippen molar-refractivity contribution in [2.45, 2.75) is 17.4 Å². The molecule has 1 unspecified atom stereocenters. The van der Waals surface area contributed by atoms with E-state index in [1.165, 1.54) is 0 Å². The minimum atomic E-state index is -4.34. The maximum atomic E-state index is 12.6.